The van der Waals surface area contributed by atoms with E-state index >= 15 is 0 Å². The van der Waals surface area contributed by atoms with E-state index in [4.69, 9.17) is 35.5 Å². The minimum Gasteiger partial charge on any atom is -0.508 e. The number of hydrogen-bond donors (Lipinski definition) is 6. The Morgan fingerprint density at radius 3 is 2.24 bits per heavy atom. The molecule has 0 saturated heterocycles. The monoisotopic (exact) mass is 1080 g/mol. The molecule has 2 aliphatic rings. The molecule has 2 heterocycles. The number of aromatic hydroxyl groups is 1. The molecule has 1 aromatic heterocycles. The lowest BCUT2D eigenvalue weighted by molar-refractivity contribution is -0.138. The predicted octanol–water partition coefficient (Wildman–Crippen LogP) is 11.6. The van der Waals surface area contributed by atoms with Gasteiger partial charge in [0.25, 0.3) is 0 Å². The summed E-state index contributed by atoms with van der Waals surface area (Å²) in [6.07, 6.45) is 3.09. The zero-order valence-corrected chi connectivity index (χ0v) is 44.0. The number of carboxylic acids is 2. The summed E-state index contributed by atoms with van der Waals surface area (Å²) < 4.78 is 24.0. The smallest absolute Gasteiger partial charge is 0.336 e. The molecule has 1 aliphatic carbocycles. The number of nitrogens with zero attached hydrogens (tertiary/aromatic N) is 2. The molecule has 6 aromatic carbocycles. The summed E-state index contributed by atoms with van der Waals surface area (Å²) in [5, 5.41) is 40.2. The summed E-state index contributed by atoms with van der Waals surface area (Å²) in [7, 11) is 0. The Morgan fingerprint density at radius 1 is 0.709 bits per heavy atom. The number of fused-ring (bicyclic) bond motifs is 2. The van der Waals surface area contributed by atoms with Gasteiger partial charge in [0.05, 0.1) is 24.4 Å². The van der Waals surface area contributed by atoms with Crippen LogP contribution in [0, 0.1) is 6.92 Å². The van der Waals surface area contributed by atoms with Gasteiger partial charge in [0.2, 0.25) is 11.8 Å². The lowest BCUT2D eigenvalue weighted by Gasteiger charge is -2.21. The van der Waals surface area contributed by atoms with Gasteiger partial charge in [-0.25, -0.2) is 9.78 Å². The van der Waals surface area contributed by atoms with Gasteiger partial charge in [-0.2, -0.15) is 0 Å². The number of phenols is 1. The third kappa shape index (κ3) is 14.8. The van der Waals surface area contributed by atoms with Gasteiger partial charge in [0.15, 0.2) is 10.5 Å². The molecule has 0 fully saturated rings. The van der Waals surface area contributed by atoms with Gasteiger partial charge in [-0.1, -0.05) is 67.1 Å². The molecular formula is C62H57N5O11S. The molecule has 1 amide bonds. The van der Waals surface area contributed by atoms with Crippen molar-refractivity contribution in [3.05, 3.63) is 202 Å². The number of ether oxygens (including phenoxy) is 2. The van der Waals surface area contributed by atoms with E-state index in [1.807, 2.05) is 115 Å². The quantitative estimate of drug-likeness (QED) is 0.0188. The van der Waals surface area contributed by atoms with E-state index in [2.05, 4.69) is 16.0 Å². The van der Waals surface area contributed by atoms with Gasteiger partial charge < -0.3 is 49.6 Å². The second-order valence-electron chi connectivity index (χ2n) is 18.9. The number of aromatic carboxylic acids is 1. The third-order valence-electron chi connectivity index (χ3n) is 13.0. The Hall–Kier alpha value is -9.32. The molecule has 0 spiro atoms. The van der Waals surface area contributed by atoms with E-state index in [0.29, 0.717) is 114 Å². The van der Waals surface area contributed by atoms with Gasteiger partial charge in [-0.15, -0.1) is 0 Å². The highest BCUT2D eigenvalue weighted by atomic mass is 32.1. The summed E-state index contributed by atoms with van der Waals surface area (Å²) in [6, 6.07) is 46.3. The number of anilines is 1. The first-order chi connectivity index (χ1) is 38.3. The average Bonchev–Trinajstić information content (AvgIpc) is 3.94. The molecule has 17 heteroatoms. The van der Waals surface area contributed by atoms with E-state index in [1.165, 1.54) is 30.3 Å². The second kappa shape index (κ2) is 25.7. The van der Waals surface area contributed by atoms with Crippen LogP contribution in [0.3, 0.4) is 0 Å². The molecule has 6 N–H and O–H groups in total. The summed E-state index contributed by atoms with van der Waals surface area (Å²) in [5.41, 5.74) is 6.37. The molecule has 16 nitrogen and oxygen atoms in total. The number of carbonyl (C=O) groups is 3. The fourth-order valence-electron chi connectivity index (χ4n) is 9.13. The molecule has 7 aromatic rings. The van der Waals surface area contributed by atoms with E-state index in [-0.39, 0.29) is 35.0 Å². The van der Waals surface area contributed by atoms with Crippen LogP contribution in [-0.2, 0) is 35.6 Å². The highest BCUT2D eigenvalue weighted by molar-refractivity contribution is 7.80. The molecule has 0 saturated carbocycles. The number of aryl methyl sites for hydroxylation is 1. The predicted molar refractivity (Wildman–Crippen MR) is 305 cm³/mol. The van der Waals surface area contributed by atoms with Crippen molar-refractivity contribution in [2.75, 3.05) is 25.0 Å². The first-order valence-electron chi connectivity index (χ1n) is 25.7. The number of thiocarbonyl (C=S) groups is 1. The Bertz CT molecular complexity index is 3640. The van der Waals surface area contributed by atoms with Crippen LogP contribution < -0.4 is 30.9 Å². The van der Waals surface area contributed by atoms with Crippen LogP contribution in [0.15, 0.2) is 171 Å². The van der Waals surface area contributed by atoms with E-state index in [1.54, 1.807) is 24.3 Å². The molecular weight excluding hydrogens is 1020 g/mol. The van der Waals surface area contributed by atoms with E-state index in [0.717, 1.165) is 46.5 Å². The third-order valence-corrected chi connectivity index (χ3v) is 13.2. The van der Waals surface area contributed by atoms with Crippen LogP contribution in [0.1, 0.15) is 64.2 Å². The molecule has 79 heavy (non-hydrogen) atoms. The topological polar surface area (TPSA) is 226 Å². The highest BCUT2D eigenvalue weighted by Crippen LogP contribution is 2.42. The van der Waals surface area contributed by atoms with E-state index in [9.17, 15) is 34.5 Å². The Labute approximate surface area is 460 Å². The number of carbonyl (C=O) groups excluding carboxylic acids is 1. The van der Waals surface area contributed by atoms with Crippen molar-refractivity contribution >= 4 is 51.8 Å². The number of hydrogen-bond acceptors (Lipinski definition) is 12. The first-order valence-corrected chi connectivity index (χ1v) is 26.1. The average molecular weight is 1080 g/mol. The van der Waals surface area contributed by atoms with Crippen molar-refractivity contribution in [1.29, 1.82) is 0 Å². The standard InChI is InChI=1S/C62H57N5O11S/c1-39-54(28-30-75-49-12-8-9-42(31-49)37-67(38-58(71)72)36-41-16-23-48(24-17-41)77-47-10-4-2-5-11-47)66-60(76-39)43-18-14-40(15-19-43)35-64-57(70)13-6-3-7-29-63-62(79)65-44-20-25-50(53(32-44)61(73)74)59-51-26-21-45(68)33-55(51)78-56-34-46(69)22-27-52(56)59/h2,4-5,8-12,14-27,31-34,68H,3,6-7,13,28-30,35-38H2,1H3,(H,64,70)(H,71,72)(H,73,74)(H2,63,65,79). The van der Waals surface area contributed by atoms with Crippen molar-refractivity contribution in [1.82, 2.24) is 20.5 Å². The van der Waals surface area contributed by atoms with Crippen molar-refractivity contribution in [3.8, 4) is 56.9 Å². The molecule has 0 atom stereocenters. The van der Waals surface area contributed by atoms with Gasteiger partial charge in [-0.05, 0) is 139 Å². The van der Waals surface area contributed by atoms with Crippen LogP contribution in [0.2, 0.25) is 0 Å². The van der Waals surface area contributed by atoms with Crippen LogP contribution in [0.25, 0.3) is 44.9 Å². The lowest BCUT2D eigenvalue weighted by Crippen LogP contribution is -2.29. The number of oxazole rings is 1. The number of para-hydroxylation sites is 1. The van der Waals surface area contributed by atoms with Crippen LogP contribution in [-0.4, -0.2) is 67.9 Å². The Morgan fingerprint density at radius 2 is 1.46 bits per heavy atom. The number of aromatic nitrogens is 1. The van der Waals surface area contributed by atoms with Crippen LogP contribution in [0.4, 0.5) is 5.69 Å². The Kier molecular flexibility index (Phi) is 17.7. The number of carboxylic acid groups (broad SMARTS) is 2. The SMILES string of the molecule is Cc1oc(-c2ccc(CNC(=O)CCCCCNC(=S)Nc3ccc(-c4c5ccc(=O)cc-5oc5cc(O)ccc45)c(C(=O)O)c3)cc2)nc1CCOc1cccc(CN(CC(=O)O)Cc2ccc(Oc3ccccc3)cc2)c1. The minimum atomic E-state index is -1.17. The number of rotatable bonds is 24. The number of aliphatic carboxylic acids is 1. The lowest BCUT2D eigenvalue weighted by atomic mass is 9.90. The van der Waals surface area contributed by atoms with Crippen molar-refractivity contribution in [2.45, 2.75) is 58.7 Å². The summed E-state index contributed by atoms with van der Waals surface area (Å²) >= 11 is 5.51. The zero-order chi connectivity index (χ0) is 55.3. The number of benzene rings is 7. The molecule has 0 radical (unpaired) electrons. The summed E-state index contributed by atoms with van der Waals surface area (Å²) in [5.74, 6) is 1.38. The van der Waals surface area contributed by atoms with Gasteiger partial charge in [0, 0.05) is 78.9 Å². The Balaban J connectivity index is 0.678. The highest BCUT2D eigenvalue weighted by Gasteiger charge is 2.23. The van der Waals surface area contributed by atoms with E-state index < -0.39 is 11.9 Å². The molecule has 0 bridgehead atoms. The van der Waals surface area contributed by atoms with Crippen molar-refractivity contribution in [2.24, 2.45) is 0 Å². The second-order valence-corrected chi connectivity index (χ2v) is 19.3. The largest absolute Gasteiger partial charge is 0.508 e. The fraction of sp³-hybridized carbons (Fsp3) is 0.194. The maximum atomic E-state index is 12.7. The maximum Gasteiger partial charge on any atom is 0.336 e. The summed E-state index contributed by atoms with van der Waals surface area (Å²) in [6.45, 7) is 3.87. The first kappa shape index (κ1) is 54.5. The molecule has 0 unspecified atom stereocenters. The van der Waals surface area contributed by atoms with Crippen molar-refractivity contribution < 1.29 is 48.0 Å². The molecule has 1 aliphatic heterocycles. The summed E-state index contributed by atoms with van der Waals surface area (Å²) in [4.78, 5) is 56.0. The number of nitrogens with one attached hydrogen (secondary N) is 3. The number of amides is 1. The zero-order valence-electron chi connectivity index (χ0n) is 43.2. The number of phenolic OH excluding ortho intramolecular Hbond substituents is 1. The molecule has 9 rings (SSSR count). The number of unbranched alkanes of at least 4 members (excludes halogenated alkanes) is 2. The van der Waals surface area contributed by atoms with Crippen LogP contribution >= 0.6 is 12.2 Å². The maximum absolute atomic E-state index is 12.7. The normalized spacial score (nSPS) is 11.2. The fourth-order valence-corrected chi connectivity index (χ4v) is 9.35. The van der Waals surface area contributed by atoms with Gasteiger partial charge in [0.1, 0.15) is 40.1 Å². The van der Waals surface area contributed by atoms with Crippen LogP contribution in [0.5, 0.6) is 23.0 Å². The molecule has 402 valence electrons. The van der Waals surface area contributed by atoms with Crippen molar-refractivity contribution in [3.63, 3.8) is 0 Å². The van der Waals surface area contributed by atoms with Gasteiger partial charge >= 0.3 is 11.9 Å². The van der Waals surface area contributed by atoms with Gasteiger partial charge in [-0.3, -0.25) is 19.3 Å². The minimum absolute atomic E-state index is 0.000691.